The summed E-state index contributed by atoms with van der Waals surface area (Å²) in [6.45, 7) is 1.81. The minimum atomic E-state index is -0.226. The van der Waals surface area contributed by atoms with Crippen LogP contribution in [0.5, 0.6) is 0 Å². The van der Waals surface area contributed by atoms with Crippen LogP contribution in [0.3, 0.4) is 0 Å². The molecule has 2 saturated heterocycles. The standard InChI is InChI=1S/C14H17NO2/c16-14(15-9-5-2-6-10-15)13-12(17-13)11-7-3-1-4-8-11/h1,3-4,7-8,12-13H,2,5-6,9-10H2/t12-,13+/m1/s1. The molecule has 2 aliphatic rings. The van der Waals surface area contributed by atoms with Crippen molar-refractivity contribution in [1.82, 2.24) is 4.90 Å². The molecule has 2 fully saturated rings. The second kappa shape index (κ2) is 4.49. The summed E-state index contributed by atoms with van der Waals surface area (Å²) in [5, 5.41) is 0. The molecule has 0 radical (unpaired) electrons. The summed E-state index contributed by atoms with van der Waals surface area (Å²) in [4.78, 5) is 14.1. The number of piperidine rings is 1. The summed E-state index contributed by atoms with van der Waals surface area (Å²) < 4.78 is 5.53. The lowest BCUT2D eigenvalue weighted by Crippen LogP contribution is -2.38. The molecule has 90 valence electrons. The number of epoxide rings is 1. The van der Waals surface area contributed by atoms with Crippen LogP contribution in [0, 0.1) is 0 Å². The molecular weight excluding hydrogens is 214 g/mol. The highest BCUT2D eigenvalue weighted by Gasteiger charge is 2.47. The number of nitrogens with zero attached hydrogens (tertiary/aromatic N) is 1. The zero-order valence-corrected chi connectivity index (χ0v) is 9.84. The van der Waals surface area contributed by atoms with Gasteiger partial charge in [-0.25, -0.2) is 0 Å². The van der Waals surface area contributed by atoms with Gasteiger partial charge in [-0.05, 0) is 24.8 Å². The number of hydrogen-bond donors (Lipinski definition) is 0. The Balaban J connectivity index is 1.62. The minimum absolute atomic E-state index is 0.00868. The molecule has 0 N–H and O–H groups in total. The van der Waals surface area contributed by atoms with Crippen molar-refractivity contribution in [2.45, 2.75) is 31.5 Å². The SMILES string of the molecule is O=C([C@H]1O[C@@H]1c1ccccc1)N1CCCCC1. The van der Waals surface area contributed by atoms with Gasteiger partial charge in [-0.2, -0.15) is 0 Å². The van der Waals surface area contributed by atoms with Crippen molar-refractivity contribution >= 4 is 5.91 Å². The lowest BCUT2D eigenvalue weighted by Gasteiger charge is -2.26. The Morgan fingerprint density at radius 2 is 1.82 bits per heavy atom. The Morgan fingerprint density at radius 1 is 1.12 bits per heavy atom. The summed E-state index contributed by atoms with van der Waals surface area (Å²) in [6.07, 6.45) is 3.28. The highest BCUT2D eigenvalue weighted by molar-refractivity contribution is 5.84. The van der Waals surface area contributed by atoms with Gasteiger partial charge < -0.3 is 9.64 Å². The molecule has 2 aliphatic heterocycles. The van der Waals surface area contributed by atoms with Crippen LogP contribution in [-0.2, 0) is 9.53 Å². The van der Waals surface area contributed by atoms with E-state index in [4.69, 9.17) is 4.74 Å². The van der Waals surface area contributed by atoms with Crippen LogP contribution in [0.2, 0.25) is 0 Å². The second-order valence-electron chi connectivity index (χ2n) is 4.77. The number of hydrogen-bond acceptors (Lipinski definition) is 2. The molecule has 3 nitrogen and oxygen atoms in total. The summed E-state index contributed by atoms with van der Waals surface area (Å²) in [7, 11) is 0. The van der Waals surface area contributed by atoms with Gasteiger partial charge in [0.05, 0.1) is 0 Å². The van der Waals surface area contributed by atoms with E-state index < -0.39 is 0 Å². The van der Waals surface area contributed by atoms with Gasteiger partial charge in [-0.15, -0.1) is 0 Å². The van der Waals surface area contributed by atoms with Gasteiger partial charge in [0.1, 0.15) is 6.10 Å². The first-order valence-electron chi connectivity index (χ1n) is 6.35. The van der Waals surface area contributed by atoms with E-state index in [9.17, 15) is 4.79 Å². The van der Waals surface area contributed by atoms with Crippen LogP contribution in [-0.4, -0.2) is 30.0 Å². The molecule has 3 heteroatoms. The highest BCUT2D eigenvalue weighted by Crippen LogP contribution is 2.39. The van der Waals surface area contributed by atoms with Crippen molar-refractivity contribution < 1.29 is 9.53 Å². The highest BCUT2D eigenvalue weighted by atomic mass is 16.6. The molecule has 0 aromatic heterocycles. The molecule has 1 aromatic rings. The largest absolute Gasteiger partial charge is 0.354 e. The Kier molecular flexibility index (Phi) is 2.85. The smallest absolute Gasteiger partial charge is 0.254 e. The van der Waals surface area contributed by atoms with Gasteiger partial charge in [0, 0.05) is 13.1 Å². The molecule has 1 amide bonds. The van der Waals surface area contributed by atoms with Crippen LogP contribution < -0.4 is 0 Å². The van der Waals surface area contributed by atoms with Gasteiger partial charge in [0.2, 0.25) is 0 Å². The summed E-state index contributed by atoms with van der Waals surface area (Å²) >= 11 is 0. The lowest BCUT2D eigenvalue weighted by molar-refractivity contribution is -0.133. The molecule has 0 unspecified atom stereocenters. The topological polar surface area (TPSA) is 32.8 Å². The number of ether oxygens (including phenoxy) is 1. The predicted molar refractivity (Wildman–Crippen MR) is 64.5 cm³/mol. The van der Waals surface area contributed by atoms with Crippen LogP contribution in [0.4, 0.5) is 0 Å². The third kappa shape index (κ3) is 2.20. The van der Waals surface area contributed by atoms with Crippen LogP contribution in [0.1, 0.15) is 30.9 Å². The minimum Gasteiger partial charge on any atom is -0.354 e. The molecule has 0 bridgehead atoms. The fraction of sp³-hybridized carbons (Fsp3) is 0.500. The fourth-order valence-corrected chi connectivity index (χ4v) is 2.49. The summed E-state index contributed by atoms with van der Waals surface area (Å²) in [5.74, 6) is 0.179. The number of amides is 1. The zero-order valence-electron chi connectivity index (χ0n) is 9.84. The third-order valence-electron chi connectivity index (χ3n) is 3.53. The quantitative estimate of drug-likeness (QED) is 0.730. The molecule has 0 spiro atoms. The van der Waals surface area contributed by atoms with Crippen LogP contribution >= 0.6 is 0 Å². The van der Waals surface area contributed by atoms with E-state index in [0.29, 0.717) is 0 Å². The first-order chi connectivity index (χ1) is 8.36. The number of benzene rings is 1. The Hall–Kier alpha value is -1.35. The summed E-state index contributed by atoms with van der Waals surface area (Å²) in [6, 6.07) is 9.99. The van der Waals surface area contributed by atoms with Crippen molar-refractivity contribution in [3.63, 3.8) is 0 Å². The van der Waals surface area contributed by atoms with E-state index in [1.54, 1.807) is 0 Å². The van der Waals surface area contributed by atoms with E-state index in [0.717, 1.165) is 31.5 Å². The predicted octanol–water partition coefficient (Wildman–Crippen LogP) is 2.14. The second-order valence-corrected chi connectivity index (χ2v) is 4.77. The number of carbonyl (C=O) groups is 1. The van der Waals surface area contributed by atoms with E-state index in [2.05, 4.69) is 0 Å². The molecule has 1 aromatic carbocycles. The normalized spacial score (nSPS) is 27.9. The van der Waals surface area contributed by atoms with Crippen LogP contribution in [0.25, 0.3) is 0 Å². The van der Waals surface area contributed by atoms with E-state index in [-0.39, 0.29) is 18.1 Å². The average molecular weight is 231 g/mol. The first kappa shape index (κ1) is 10.8. The maximum atomic E-state index is 12.1. The van der Waals surface area contributed by atoms with Crippen molar-refractivity contribution in [3.8, 4) is 0 Å². The van der Waals surface area contributed by atoms with Gasteiger partial charge in [-0.1, -0.05) is 30.3 Å². The van der Waals surface area contributed by atoms with E-state index in [1.165, 1.54) is 6.42 Å². The molecule has 0 aliphatic carbocycles. The summed E-state index contributed by atoms with van der Waals surface area (Å²) in [5.41, 5.74) is 1.11. The van der Waals surface area contributed by atoms with Crippen molar-refractivity contribution in [2.24, 2.45) is 0 Å². The Bertz CT molecular complexity index is 398. The Labute approximate surface area is 101 Å². The third-order valence-corrected chi connectivity index (χ3v) is 3.53. The van der Waals surface area contributed by atoms with Gasteiger partial charge in [-0.3, -0.25) is 4.79 Å². The molecule has 3 rings (SSSR count). The first-order valence-corrected chi connectivity index (χ1v) is 6.35. The molecule has 2 heterocycles. The van der Waals surface area contributed by atoms with Gasteiger partial charge in [0.15, 0.2) is 6.10 Å². The average Bonchev–Trinajstić information content (AvgIpc) is 3.20. The fourth-order valence-electron chi connectivity index (χ4n) is 2.49. The molecule has 2 atom stereocenters. The maximum absolute atomic E-state index is 12.1. The Morgan fingerprint density at radius 3 is 2.53 bits per heavy atom. The van der Waals surface area contributed by atoms with Gasteiger partial charge in [0.25, 0.3) is 5.91 Å². The maximum Gasteiger partial charge on any atom is 0.254 e. The molecule has 0 saturated carbocycles. The number of rotatable bonds is 2. The van der Waals surface area contributed by atoms with Crippen molar-refractivity contribution in [3.05, 3.63) is 35.9 Å². The zero-order chi connectivity index (χ0) is 11.7. The monoisotopic (exact) mass is 231 g/mol. The lowest BCUT2D eigenvalue weighted by atomic mass is 10.1. The van der Waals surface area contributed by atoms with Crippen LogP contribution in [0.15, 0.2) is 30.3 Å². The van der Waals surface area contributed by atoms with Crippen molar-refractivity contribution in [1.29, 1.82) is 0 Å². The van der Waals surface area contributed by atoms with Crippen molar-refractivity contribution in [2.75, 3.05) is 13.1 Å². The van der Waals surface area contributed by atoms with E-state index in [1.807, 2.05) is 35.2 Å². The molecule has 17 heavy (non-hydrogen) atoms. The van der Waals surface area contributed by atoms with E-state index >= 15 is 0 Å². The molecular formula is C14H17NO2. The van der Waals surface area contributed by atoms with Gasteiger partial charge >= 0.3 is 0 Å². The number of carbonyl (C=O) groups excluding carboxylic acids is 1. The number of likely N-dealkylation sites (tertiary alicyclic amines) is 1.